The molecule has 0 saturated heterocycles. The van der Waals surface area contributed by atoms with E-state index in [4.69, 9.17) is 0 Å². The van der Waals surface area contributed by atoms with Crippen molar-refractivity contribution in [3.8, 4) is 0 Å². The molecule has 4 nitrogen and oxygen atoms in total. The topological polar surface area (TPSA) is 64.5 Å². The van der Waals surface area contributed by atoms with Crippen LogP contribution in [0.2, 0.25) is 0 Å². The zero-order valence-electron chi connectivity index (χ0n) is 14.4. The lowest BCUT2D eigenvalue weighted by Crippen LogP contribution is -2.49. The molecule has 130 valence electrons. The average molecular weight is 328 g/mol. The van der Waals surface area contributed by atoms with Gasteiger partial charge in [-0.2, -0.15) is 0 Å². The van der Waals surface area contributed by atoms with Crippen molar-refractivity contribution in [2.45, 2.75) is 30.6 Å². The minimum absolute atomic E-state index is 0.275. The molecule has 0 bridgehead atoms. The summed E-state index contributed by atoms with van der Waals surface area (Å²) in [6, 6.07) is 19.0. The number of nitrogens with one attached hydrogen (secondary N) is 2. The van der Waals surface area contributed by atoms with E-state index in [1.807, 2.05) is 74.8 Å². The predicted octanol–water partition coefficient (Wildman–Crippen LogP) is 2.20. The van der Waals surface area contributed by atoms with Gasteiger partial charge < -0.3 is 20.8 Å². The molecule has 0 aliphatic carbocycles. The van der Waals surface area contributed by atoms with Gasteiger partial charge in [-0.3, -0.25) is 0 Å². The number of hydrogen-bond acceptors (Lipinski definition) is 4. The highest BCUT2D eigenvalue weighted by Gasteiger charge is 2.38. The molecule has 0 spiro atoms. The Morgan fingerprint density at radius 2 is 1.54 bits per heavy atom. The van der Waals surface area contributed by atoms with E-state index in [1.165, 1.54) is 0 Å². The van der Waals surface area contributed by atoms with Crippen LogP contribution in [0.15, 0.2) is 60.7 Å². The Morgan fingerprint density at radius 1 is 0.958 bits per heavy atom. The van der Waals surface area contributed by atoms with Crippen LogP contribution in [0.5, 0.6) is 0 Å². The van der Waals surface area contributed by atoms with E-state index in [-0.39, 0.29) is 6.04 Å². The number of rotatable bonds is 9. The third-order valence-electron chi connectivity index (χ3n) is 4.60. The van der Waals surface area contributed by atoms with Gasteiger partial charge in [0.05, 0.1) is 6.10 Å². The molecule has 0 amide bonds. The largest absolute Gasteiger partial charge is 0.388 e. The Hall–Kier alpha value is -1.72. The number of hydrogen-bond donors (Lipinski definition) is 4. The molecule has 0 heterocycles. The smallest absolute Gasteiger partial charge is 0.106 e. The highest BCUT2D eigenvalue weighted by atomic mass is 16.3. The maximum atomic E-state index is 11.5. The first-order chi connectivity index (χ1) is 11.6. The van der Waals surface area contributed by atoms with Crippen molar-refractivity contribution in [2.24, 2.45) is 0 Å². The molecule has 4 heteroatoms. The molecule has 24 heavy (non-hydrogen) atoms. The molecule has 2 aromatic carbocycles. The molecule has 4 N–H and O–H groups in total. The minimum atomic E-state index is -1.06. The lowest BCUT2D eigenvalue weighted by Gasteiger charge is -2.38. The maximum absolute atomic E-state index is 11.5. The third kappa shape index (κ3) is 4.42. The maximum Gasteiger partial charge on any atom is 0.106 e. The standard InChI is InChI=1S/C20H28N2O2/c1-21-14-13-20(24,17-11-7-4-8-12-17)19(22-2)15-18(23)16-9-5-3-6-10-16/h3-12,18-19,21-24H,13-15H2,1-2H3. The molecule has 0 fully saturated rings. The fourth-order valence-electron chi connectivity index (χ4n) is 3.15. The Kier molecular flexibility index (Phi) is 6.94. The second-order valence-corrected chi connectivity index (χ2v) is 6.15. The van der Waals surface area contributed by atoms with Crippen LogP contribution in [-0.4, -0.2) is 36.9 Å². The van der Waals surface area contributed by atoms with Gasteiger partial charge in [0.1, 0.15) is 5.60 Å². The van der Waals surface area contributed by atoms with E-state index in [0.29, 0.717) is 19.4 Å². The van der Waals surface area contributed by atoms with Crippen molar-refractivity contribution in [1.29, 1.82) is 0 Å². The van der Waals surface area contributed by atoms with Gasteiger partial charge >= 0.3 is 0 Å². The molecular formula is C20H28N2O2. The van der Waals surface area contributed by atoms with Gasteiger partial charge in [-0.25, -0.2) is 0 Å². The first-order valence-electron chi connectivity index (χ1n) is 8.44. The summed E-state index contributed by atoms with van der Waals surface area (Å²) in [6.45, 7) is 0.686. The van der Waals surface area contributed by atoms with Crippen LogP contribution in [0, 0.1) is 0 Å². The summed E-state index contributed by atoms with van der Waals surface area (Å²) in [5, 5.41) is 28.4. The van der Waals surface area contributed by atoms with E-state index >= 15 is 0 Å². The zero-order chi connectivity index (χ0) is 17.4. The normalized spacial score (nSPS) is 16.3. The van der Waals surface area contributed by atoms with Crippen molar-refractivity contribution in [1.82, 2.24) is 10.6 Å². The monoisotopic (exact) mass is 328 g/mol. The predicted molar refractivity (Wildman–Crippen MR) is 97.7 cm³/mol. The van der Waals surface area contributed by atoms with Gasteiger partial charge in [0.15, 0.2) is 0 Å². The van der Waals surface area contributed by atoms with E-state index in [0.717, 1.165) is 11.1 Å². The second kappa shape index (κ2) is 8.94. The van der Waals surface area contributed by atoms with E-state index in [2.05, 4.69) is 10.6 Å². The van der Waals surface area contributed by atoms with Gasteiger partial charge in [0.2, 0.25) is 0 Å². The highest BCUT2D eigenvalue weighted by Crippen LogP contribution is 2.33. The highest BCUT2D eigenvalue weighted by molar-refractivity contribution is 5.25. The minimum Gasteiger partial charge on any atom is -0.388 e. The van der Waals surface area contributed by atoms with Crippen molar-refractivity contribution in [3.63, 3.8) is 0 Å². The Labute approximate surface area is 144 Å². The van der Waals surface area contributed by atoms with Crippen LogP contribution < -0.4 is 10.6 Å². The number of aliphatic hydroxyl groups is 2. The van der Waals surface area contributed by atoms with Crippen LogP contribution in [0.3, 0.4) is 0 Å². The van der Waals surface area contributed by atoms with Crippen LogP contribution in [0.25, 0.3) is 0 Å². The molecule has 2 rings (SSSR count). The molecule has 2 aromatic rings. The van der Waals surface area contributed by atoms with Crippen LogP contribution in [-0.2, 0) is 5.60 Å². The van der Waals surface area contributed by atoms with Crippen LogP contribution >= 0.6 is 0 Å². The van der Waals surface area contributed by atoms with Crippen LogP contribution in [0.1, 0.15) is 30.1 Å². The van der Waals surface area contributed by atoms with Crippen molar-refractivity contribution in [2.75, 3.05) is 20.6 Å². The van der Waals surface area contributed by atoms with E-state index in [9.17, 15) is 10.2 Å². The summed E-state index contributed by atoms with van der Waals surface area (Å²) in [6.07, 6.45) is 0.351. The quantitative estimate of drug-likeness (QED) is 0.570. The Morgan fingerprint density at radius 3 is 2.08 bits per heavy atom. The fraction of sp³-hybridized carbons (Fsp3) is 0.400. The summed E-state index contributed by atoms with van der Waals surface area (Å²) >= 11 is 0. The molecule has 0 aliphatic heterocycles. The summed E-state index contributed by atoms with van der Waals surface area (Å²) in [7, 11) is 3.70. The Bertz CT molecular complexity index is 591. The number of likely N-dealkylation sites (N-methyl/N-ethyl adjacent to an activating group) is 1. The van der Waals surface area contributed by atoms with Gasteiger partial charge in [-0.15, -0.1) is 0 Å². The summed E-state index contributed by atoms with van der Waals surface area (Å²) in [4.78, 5) is 0. The first kappa shape index (κ1) is 18.6. The van der Waals surface area contributed by atoms with Gasteiger partial charge in [0, 0.05) is 6.04 Å². The molecular weight excluding hydrogens is 300 g/mol. The van der Waals surface area contributed by atoms with Crippen molar-refractivity contribution < 1.29 is 10.2 Å². The van der Waals surface area contributed by atoms with Gasteiger partial charge in [0.25, 0.3) is 0 Å². The molecule has 0 saturated carbocycles. The summed E-state index contributed by atoms with van der Waals surface area (Å²) in [5.41, 5.74) is 0.663. The average Bonchev–Trinajstić information content (AvgIpc) is 2.65. The van der Waals surface area contributed by atoms with Crippen molar-refractivity contribution >= 4 is 0 Å². The third-order valence-corrected chi connectivity index (χ3v) is 4.60. The summed E-state index contributed by atoms with van der Waals surface area (Å²) < 4.78 is 0. The second-order valence-electron chi connectivity index (χ2n) is 6.15. The first-order valence-corrected chi connectivity index (χ1v) is 8.44. The fourth-order valence-corrected chi connectivity index (χ4v) is 3.15. The molecule has 0 aliphatic rings. The van der Waals surface area contributed by atoms with Crippen LogP contribution in [0.4, 0.5) is 0 Å². The van der Waals surface area contributed by atoms with Gasteiger partial charge in [-0.05, 0) is 44.6 Å². The molecule has 0 radical (unpaired) electrons. The summed E-state index contributed by atoms with van der Waals surface area (Å²) in [5.74, 6) is 0. The van der Waals surface area contributed by atoms with E-state index < -0.39 is 11.7 Å². The Balaban J connectivity index is 2.25. The molecule has 0 aromatic heterocycles. The molecule has 3 unspecified atom stereocenters. The number of aliphatic hydroxyl groups excluding tert-OH is 1. The number of benzene rings is 2. The lowest BCUT2D eigenvalue weighted by atomic mass is 9.80. The zero-order valence-corrected chi connectivity index (χ0v) is 14.4. The van der Waals surface area contributed by atoms with Gasteiger partial charge in [-0.1, -0.05) is 60.7 Å². The SMILES string of the molecule is CNCCC(O)(c1ccccc1)C(CC(O)c1ccccc1)NC. The van der Waals surface area contributed by atoms with Crippen molar-refractivity contribution in [3.05, 3.63) is 71.8 Å². The lowest BCUT2D eigenvalue weighted by molar-refractivity contribution is -0.0255. The van der Waals surface area contributed by atoms with E-state index in [1.54, 1.807) is 0 Å². The molecule has 3 atom stereocenters.